The lowest BCUT2D eigenvalue weighted by molar-refractivity contribution is -0.125. The van der Waals surface area contributed by atoms with Crippen molar-refractivity contribution in [2.75, 3.05) is 24.5 Å². The molecule has 6 heteroatoms. The fourth-order valence-electron chi connectivity index (χ4n) is 4.08. The molecule has 2 aromatic heterocycles. The van der Waals surface area contributed by atoms with E-state index in [0.717, 1.165) is 54.8 Å². The van der Waals surface area contributed by atoms with E-state index in [9.17, 15) is 4.79 Å². The first-order chi connectivity index (χ1) is 14.1. The second-order valence-corrected chi connectivity index (χ2v) is 7.83. The number of nitrogens with zero attached hydrogens (tertiary/aromatic N) is 3. The van der Waals surface area contributed by atoms with Crippen molar-refractivity contribution < 1.29 is 9.21 Å². The lowest BCUT2D eigenvalue weighted by atomic mass is 9.96. The van der Waals surface area contributed by atoms with E-state index in [1.807, 2.05) is 19.9 Å². The van der Waals surface area contributed by atoms with E-state index in [1.54, 1.807) is 6.33 Å². The number of aromatic nitrogens is 2. The second kappa shape index (κ2) is 8.64. The molecule has 152 valence electrons. The zero-order chi connectivity index (χ0) is 20.2. The molecule has 0 saturated carbocycles. The van der Waals surface area contributed by atoms with Crippen molar-refractivity contribution in [3.63, 3.8) is 0 Å². The van der Waals surface area contributed by atoms with Gasteiger partial charge in [0.25, 0.3) is 0 Å². The Morgan fingerprint density at radius 1 is 1.24 bits per heavy atom. The number of piperidine rings is 1. The molecule has 29 heavy (non-hydrogen) atoms. The van der Waals surface area contributed by atoms with Crippen molar-refractivity contribution >= 4 is 22.8 Å². The molecule has 1 aliphatic heterocycles. The third-order valence-electron chi connectivity index (χ3n) is 5.82. The smallest absolute Gasteiger partial charge is 0.231 e. The normalized spacial score (nSPS) is 16.9. The highest BCUT2D eigenvalue weighted by atomic mass is 16.3. The number of hydrogen-bond acceptors (Lipinski definition) is 5. The molecule has 3 aromatic rings. The van der Waals surface area contributed by atoms with Crippen LogP contribution in [-0.2, 0) is 11.2 Å². The zero-order valence-corrected chi connectivity index (χ0v) is 17.1. The molecular formula is C23H28N4O2. The van der Waals surface area contributed by atoms with Gasteiger partial charge in [0.05, 0.1) is 11.3 Å². The largest absolute Gasteiger partial charge is 0.443 e. The number of carbonyl (C=O) groups is 1. The molecule has 0 bridgehead atoms. The number of hydrogen-bond donors (Lipinski definition) is 1. The Morgan fingerprint density at radius 3 is 2.90 bits per heavy atom. The monoisotopic (exact) mass is 392 g/mol. The Balaban J connectivity index is 1.36. The van der Waals surface area contributed by atoms with E-state index in [2.05, 4.69) is 44.5 Å². The predicted octanol–water partition coefficient (Wildman–Crippen LogP) is 3.81. The second-order valence-electron chi connectivity index (χ2n) is 7.83. The van der Waals surface area contributed by atoms with Crippen molar-refractivity contribution in [3.05, 3.63) is 53.5 Å². The molecular weight excluding hydrogens is 364 g/mol. The minimum atomic E-state index is -0.0150. The summed E-state index contributed by atoms with van der Waals surface area (Å²) >= 11 is 0. The molecule has 1 amide bonds. The molecule has 1 atom stereocenters. The van der Waals surface area contributed by atoms with Gasteiger partial charge in [-0.15, -0.1) is 0 Å². The van der Waals surface area contributed by atoms with Crippen LogP contribution >= 0.6 is 0 Å². The van der Waals surface area contributed by atoms with Crippen LogP contribution in [0.15, 0.2) is 41.1 Å². The summed E-state index contributed by atoms with van der Waals surface area (Å²) in [5, 5.41) is 4.10. The van der Waals surface area contributed by atoms with Gasteiger partial charge in [-0.05, 0) is 45.1 Å². The highest BCUT2D eigenvalue weighted by molar-refractivity contribution is 5.90. The third kappa shape index (κ3) is 4.26. The maximum Gasteiger partial charge on any atom is 0.231 e. The standard InChI is InChI=1S/C23H28N4O2/c1-16-17(2)29-23-20(16)21(25-15-26-23)27-13-7-11-19(14-27)22(28)24-12-6-10-18-8-4-3-5-9-18/h3-5,8-9,15,19H,6-7,10-14H2,1-2H3,(H,24,28)/t19-/m0/s1. The number of nitrogens with one attached hydrogen (secondary N) is 1. The molecule has 0 spiro atoms. The van der Waals surface area contributed by atoms with Crippen LogP contribution in [0.3, 0.4) is 0 Å². The Hall–Kier alpha value is -2.89. The molecule has 1 fully saturated rings. The minimum absolute atomic E-state index is 0.0150. The van der Waals surface area contributed by atoms with Crippen molar-refractivity contribution in [1.82, 2.24) is 15.3 Å². The van der Waals surface area contributed by atoms with E-state index in [-0.39, 0.29) is 11.8 Å². The van der Waals surface area contributed by atoms with Gasteiger partial charge in [-0.25, -0.2) is 9.97 Å². The first-order valence-corrected chi connectivity index (χ1v) is 10.4. The lowest BCUT2D eigenvalue weighted by Gasteiger charge is -2.33. The summed E-state index contributed by atoms with van der Waals surface area (Å²) in [6, 6.07) is 10.4. The van der Waals surface area contributed by atoms with E-state index in [0.29, 0.717) is 18.8 Å². The third-order valence-corrected chi connectivity index (χ3v) is 5.82. The Labute approximate surface area is 171 Å². The molecule has 1 N–H and O–H groups in total. The number of anilines is 1. The van der Waals surface area contributed by atoms with Gasteiger partial charge in [0, 0.05) is 25.2 Å². The van der Waals surface area contributed by atoms with Crippen LogP contribution in [0.1, 0.15) is 36.1 Å². The van der Waals surface area contributed by atoms with E-state index in [1.165, 1.54) is 5.56 Å². The number of carbonyl (C=O) groups excluding carboxylic acids is 1. The fourth-order valence-corrected chi connectivity index (χ4v) is 4.08. The molecule has 0 radical (unpaired) electrons. The van der Waals surface area contributed by atoms with Crippen LogP contribution < -0.4 is 10.2 Å². The summed E-state index contributed by atoms with van der Waals surface area (Å²) < 4.78 is 5.75. The van der Waals surface area contributed by atoms with Crippen molar-refractivity contribution in [1.29, 1.82) is 0 Å². The first-order valence-electron chi connectivity index (χ1n) is 10.4. The molecule has 1 aromatic carbocycles. The molecule has 1 aliphatic rings. The summed E-state index contributed by atoms with van der Waals surface area (Å²) in [5.41, 5.74) is 3.00. The summed E-state index contributed by atoms with van der Waals surface area (Å²) in [5.74, 6) is 1.88. The molecule has 4 rings (SSSR count). The molecule has 0 unspecified atom stereocenters. The summed E-state index contributed by atoms with van der Waals surface area (Å²) in [7, 11) is 0. The number of rotatable bonds is 6. The summed E-state index contributed by atoms with van der Waals surface area (Å²) in [6.45, 7) is 6.27. The van der Waals surface area contributed by atoms with E-state index in [4.69, 9.17) is 4.42 Å². The molecule has 0 aliphatic carbocycles. The first kappa shape index (κ1) is 19.4. The van der Waals surface area contributed by atoms with E-state index >= 15 is 0 Å². The van der Waals surface area contributed by atoms with Gasteiger partial charge in [0.15, 0.2) is 0 Å². The Bertz CT molecular complexity index is 983. The quantitative estimate of drug-likeness (QED) is 0.646. The van der Waals surface area contributed by atoms with Crippen LogP contribution in [0.4, 0.5) is 5.82 Å². The highest BCUT2D eigenvalue weighted by Gasteiger charge is 2.28. The minimum Gasteiger partial charge on any atom is -0.443 e. The maximum absolute atomic E-state index is 12.7. The number of furan rings is 1. The predicted molar refractivity (Wildman–Crippen MR) is 114 cm³/mol. The van der Waals surface area contributed by atoms with Crippen molar-refractivity contribution in [3.8, 4) is 0 Å². The zero-order valence-electron chi connectivity index (χ0n) is 17.1. The van der Waals surface area contributed by atoms with Crippen LogP contribution in [0, 0.1) is 19.8 Å². The topological polar surface area (TPSA) is 71.3 Å². The SMILES string of the molecule is Cc1oc2ncnc(N3CCC[C@H](C(=O)NCCCc4ccccc4)C3)c2c1C. The highest BCUT2D eigenvalue weighted by Crippen LogP contribution is 2.32. The Kier molecular flexibility index (Phi) is 5.79. The number of fused-ring (bicyclic) bond motifs is 1. The molecule has 1 saturated heterocycles. The van der Waals surface area contributed by atoms with Crippen molar-refractivity contribution in [2.45, 2.75) is 39.5 Å². The lowest BCUT2D eigenvalue weighted by Crippen LogP contribution is -2.43. The molecule has 6 nitrogen and oxygen atoms in total. The maximum atomic E-state index is 12.7. The fraction of sp³-hybridized carbons (Fsp3) is 0.435. The van der Waals surface area contributed by atoms with E-state index < -0.39 is 0 Å². The van der Waals surface area contributed by atoms with Gasteiger partial charge >= 0.3 is 0 Å². The summed E-state index contributed by atoms with van der Waals surface area (Å²) in [4.78, 5) is 23.7. The number of aryl methyl sites for hydroxylation is 3. The number of amides is 1. The van der Waals surface area contributed by atoms with Gasteiger partial charge < -0.3 is 14.6 Å². The van der Waals surface area contributed by atoms with Gasteiger partial charge in [0.1, 0.15) is 17.9 Å². The average Bonchev–Trinajstić information content (AvgIpc) is 3.05. The van der Waals surface area contributed by atoms with Crippen molar-refractivity contribution in [2.24, 2.45) is 5.92 Å². The van der Waals surface area contributed by atoms with Crippen LogP contribution in [0.2, 0.25) is 0 Å². The van der Waals surface area contributed by atoms with Gasteiger partial charge in [0.2, 0.25) is 11.6 Å². The van der Waals surface area contributed by atoms with Gasteiger partial charge in [-0.1, -0.05) is 30.3 Å². The number of benzene rings is 1. The van der Waals surface area contributed by atoms with Crippen LogP contribution in [0.25, 0.3) is 11.1 Å². The van der Waals surface area contributed by atoms with Crippen LogP contribution in [-0.4, -0.2) is 35.5 Å². The van der Waals surface area contributed by atoms with Gasteiger partial charge in [-0.3, -0.25) is 4.79 Å². The van der Waals surface area contributed by atoms with Gasteiger partial charge in [-0.2, -0.15) is 0 Å². The molecule has 3 heterocycles. The summed E-state index contributed by atoms with van der Waals surface area (Å²) in [6.07, 6.45) is 5.37. The Morgan fingerprint density at radius 2 is 2.07 bits per heavy atom. The van der Waals surface area contributed by atoms with Crippen LogP contribution in [0.5, 0.6) is 0 Å². The average molecular weight is 393 g/mol.